The Morgan fingerprint density at radius 1 is 1.15 bits per heavy atom. The largest absolute Gasteiger partial charge is 0.328 e. The van der Waals surface area contributed by atoms with Crippen LogP contribution in [0.5, 0.6) is 0 Å². The molecule has 0 bridgehead atoms. The van der Waals surface area contributed by atoms with Gasteiger partial charge in [-0.05, 0) is 23.6 Å². The van der Waals surface area contributed by atoms with Crippen LogP contribution in [0.1, 0.15) is 0 Å². The summed E-state index contributed by atoms with van der Waals surface area (Å²) < 4.78 is 1.97. The monoisotopic (exact) mass is 173 g/mol. The van der Waals surface area contributed by atoms with E-state index in [1.807, 2.05) is 41.9 Å². The first-order chi connectivity index (χ1) is 6.33. The molecule has 0 amide bonds. The molecule has 0 fully saturated rings. The smallest absolute Gasteiger partial charge is 0.152 e. The van der Waals surface area contributed by atoms with E-state index in [9.17, 15) is 0 Å². The van der Waals surface area contributed by atoms with Gasteiger partial charge in [-0.1, -0.05) is 18.2 Å². The molecule has 2 aromatic rings. The van der Waals surface area contributed by atoms with Crippen LogP contribution >= 0.6 is 0 Å². The highest BCUT2D eigenvalue weighted by Crippen LogP contribution is 2.08. The number of aromatic nitrogens is 1. The Morgan fingerprint density at radius 3 is 2.69 bits per heavy atom. The van der Waals surface area contributed by atoms with Crippen molar-refractivity contribution >= 4 is 10.9 Å². The molecule has 1 aromatic carbocycles. The van der Waals surface area contributed by atoms with Crippen LogP contribution in [-0.2, 0) is 7.05 Å². The van der Waals surface area contributed by atoms with Crippen LogP contribution in [0.2, 0.25) is 0 Å². The maximum atomic E-state index is 5.25. The van der Waals surface area contributed by atoms with E-state index in [0.717, 1.165) is 11.0 Å². The van der Waals surface area contributed by atoms with Crippen molar-refractivity contribution in [2.45, 2.75) is 0 Å². The number of hydrogen-bond acceptors (Lipinski definition) is 2. The summed E-state index contributed by atoms with van der Waals surface area (Å²) in [5.41, 5.74) is 1.91. The van der Waals surface area contributed by atoms with Crippen molar-refractivity contribution in [3.8, 4) is 0 Å². The fraction of sp³-hybridized carbons (Fsp3) is 0.100. The molecule has 1 heterocycles. The molecule has 0 unspecified atom stereocenters. The molecular formula is C10H11N3. The zero-order chi connectivity index (χ0) is 9.26. The lowest BCUT2D eigenvalue weighted by Gasteiger charge is -2.04. The molecule has 3 heteroatoms. The Labute approximate surface area is 76.1 Å². The summed E-state index contributed by atoms with van der Waals surface area (Å²) in [6.45, 7) is 0. The van der Waals surface area contributed by atoms with Crippen molar-refractivity contribution in [1.82, 2.24) is 4.57 Å². The van der Waals surface area contributed by atoms with Crippen molar-refractivity contribution in [3.05, 3.63) is 41.9 Å². The second kappa shape index (κ2) is 2.94. The van der Waals surface area contributed by atoms with Gasteiger partial charge < -0.3 is 10.4 Å². The van der Waals surface area contributed by atoms with Crippen LogP contribution < -0.4 is 11.3 Å². The Bertz CT molecular complexity index is 497. The van der Waals surface area contributed by atoms with E-state index in [0.29, 0.717) is 0 Å². The van der Waals surface area contributed by atoms with Crippen LogP contribution in [0.15, 0.2) is 41.5 Å². The van der Waals surface area contributed by atoms with Gasteiger partial charge >= 0.3 is 0 Å². The lowest BCUT2D eigenvalue weighted by Crippen LogP contribution is -2.19. The molecule has 66 valence electrons. The first-order valence-corrected chi connectivity index (χ1v) is 4.11. The normalized spacial score (nSPS) is 12.2. The molecule has 0 aliphatic rings. The summed E-state index contributed by atoms with van der Waals surface area (Å²) in [4.78, 5) is 0. The topological polar surface area (TPSA) is 43.3 Å². The van der Waals surface area contributed by atoms with Crippen LogP contribution in [0.4, 0.5) is 0 Å². The van der Waals surface area contributed by atoms with Crippen LogP contribution in [0.25, 0.3) is 10.9 Å². The predicted molar refractivity (Wildman–Crippen MR) is 52.7 cm³/mol. The summed E-state index contributed by atoms with van der Waals surface area (Å²) in [6, 6.07) is 12.0. The minimum absolute atomic E-state index is 0.777. The molecule has 0 aliphatic carbocycles. The molecule has 0 radical (unpaired) electrons. The SMILES string of the molecule is Cn1c(=NN)ccc2ccccc21. The third-order valence-corrected chi connectivity index (χ3v) is 2.19. The second-order valence-electron chi connectivity index (χ2n) is 2.94. The van der Waals surface area contributed by atoms with Gasteiger partial charge in [0.15, 0.2) is 5.49 Å². The summed E-state index contributed by atoms with van der Waals surface area (Å²) in [5.74, 6) is 5.25. The zero-order valence-electron chi connectivity index (χ0n) is 7.44. The van der Waals surface area contributed by atoms with Crippen molar-refractivity contribution in [2.24, 2.45) is 18.0 Å². The highest BCUT2D eigenvalue weighted by atomic mass is 15.2. The van der Waals surface area contributed by atoms with E-state index < -0.39 is 0 Å². The summed E-state index contributed by atoms with van der Waals surface area (Å²) in [5, 5.41) is 4.88. The predicted octanol–water partition coefficient (Wildman–Crippen LogP) is 0.953. The van der Waals surface area contributed by atoms with Gasteiger partial charge in [-0.3, -0.25) is 0 Å². The maximum Gasteiger partial charge on any atom is 0.152 e. The average molecular weight is 173 g/mol. The number of pyridine rings is 1. The van der Waals surface area contributed by atoms with E-state index in [4.69, 9.17) is 5.84 Å². The third kappa shape index (κ3) is 1.18. The molecule has 0 saturated carbocycles. The Kier molecular flexibility index (Phi) is 1.77. The van der Waals surface area contributed by atoms with Crippen molar-refractivity contribution < 1.29 is 0 Å². The Morgan fingerprint density at radius 2 is 1.92 bits per heavy atom. The van der Waals surface area contributed by atoms with Gasteiger partial charge in [-0.15, -0.1) is 0 Å². The fourth-order valence-corrected chi connectivity index (χ4v) is 1.46. The highest BCUT2D eigenvalue weighted by Gasteiger charge is 1.94. The Hall–Kier alpha value is -1.77. The summed E-state index contributed by atoms with van der Waals surface area (Å²) in [7, 11) is 1.95. The van der Waals surface area contributed by atoms with Gasteiger partial charge in [0.1, 0.15) is 0 Å². The zero-order valence-corrected chi connectivity index (χ0v) is 7.44. The molecule has 13 heavy (non-hydrogen) atoms. The van der Waals surface area contributed by atoms with Crippen LogP contribution in [0, 0.1) is 0 Å². The fourth-order valence-electron chi connectivity index (χ4n) is 1.46. The third-order valence-electron chi connectivity index (χ3n) is 2.19. The molecule has 3 nitrogen and oxygen atoms in total. The number of nitrogens with zero attached hydrogens (tertiary/aromatic N) is 2. The molecule has 2 N–H and O–H groups in total. The minimum Gasteiger partial charge on any atom is -0.328 e. The van der Waals surface area contributed by atoms with Gasteiger partial charge in [-0.2, -0.15) is 5.10 Å². The number of rotatable bonds is 0. The molecule has 0 saturated heterocycles. The van der Waals surface area contributed by atoms with E-state index >= 15 is 0 Å². The van der Waals surface area contributed by atoms with Gasteiger partial charge in [0.2, 0.25) is 0 Å². The van der Waals surface area contributed by atoms with Crippen molar-refractivity contribution in [3.63, 3.8) is 0 Å². The average Bonchev–Trinajstić information content (AvgIpc) is 2.19. The first-order valence-electron chi connectivity index (χ1n) is 4.11. The second-order valence-corrected chi connectivity index (χ2v) is 2.94. The minimum atomic E-state index is 0.777. The molecule has 2 rings (SSSR count). The van der Waals surface area contributed by atoms with Gasteiger partial charge in [0.25, 0.3) is 0 Å². The van der Waals surface area contributed by atoms with E-state index in [1.165, 1.54) is 5.39 Å². The standard InChI is InChI=1S/C10H11N3/c1-13-9-5-3-2-4-8(9)6-7-10(13)12-11/h2-7H,11H2,1H3. The lowest BCUT2D eigenvalue weighted by molar-refractivity contribution is 0.853. The van der Waals surface area contributed by atoms with Gasteiger partial charge in [0.05, 0.1) is 0 Å². The molecule has 0 aliphatic heterocycles. The van der Waals surface area contributed by atoms with Crippen molar-refractivity contribution in [2.75, 3.05) is 0 Å². The molecule has 0 spiro atoms. The highest BCUT2D eigenvalue weighted by molar-refractivity contribution is 5.78. The molecule has 0 atom stereocenters. The van der Waals surface area contributed by atoms with Gasteiger partial charge in [-0.25, -0.2) is 0 Å². The number of benzene rings is 1. The van der Waals surface area contributed by atoms with Crippen LogP contribution in [-0.4, -0.2) is 4.57 Å². The molecule has 1 aromatic heterocycles. The van der Waals surface area contributed by atoms with E-state index in [1.54, 1.807) is 0 Å². The number of aryl methyl sites for hydroxylation is 1. The maximum absolute atomic E-state index is 5.25. The molecular weight excluding hydrogens is 162 g/mol. The lowest BCUT2D eigenvalue weighted by atomic mass is 10.2. The van der Waals surface area contributed by atoms with Crippen LogP contribution in [0.3, 0.4) is 0 Å². The number of nitrogens with two attached hydrogens (primary N) is 1. The number of hydrogen-bond donors (Lipinski definition) is 1. The summed E-state index contributed by atoms with van der Waals surface area (Å²) >= 11 is 0. The summed E-state index contributed by atoms with van der Waals surface area (Å²) in [6.07, 6.45) is 0. The number of para-hydroxylation sites is 1. The Balaban J connectivity index is 2.95. The van der Waals surface area contributed by atoms with Crippen molar-refractivity contribution in [1.29, 1.82) is 0 Å². The quantitative estimate of drug-likeness (QED) is 0.468. The van der Waals surface area contributed by atoms with Gasteiger partial charge in [0, 0.05) is 12.6 Å². The van der Waals surface area contributed by atoms with E-state index in [2.05, 4.69) is 11.2 Å². The number of fused-ring (bicyclic) bond motifs is 1. The first kappa shape index (κ1) is 7.86. The van der Waals surface area contributed by atoms with E-state index in [-0.39, 0.29) is 0 Å².